The van der Waals surface area contributed by atoms with Gasteiger partial charge in [0.1, 0.15) is 0 Å². The average molecular weight is 406 g/mol. The number of benzene rings is 1. The predicted octanol–water partition coefficient (Wildman–Crippen LogP) is 4.73. The number of nitrogens with zero attached hydrogens (tertiary/aromatic N) is 4. The first-order valence-electron chi connectivity index (χ1n) is 9.66. The Hall–Kier alpha value is -2.96. The van der Waals surface area contributed by atoms with Crippen LogP contribution in [0.15, 0.2) is 61.2 Å². The monoisotopic (exact) mass is 405 g/mol. The fraction of sp³-hybridized carbons (Fsp3) is 0.227. The van der Waals surface area contributed by atoms with Crippen LogP contribution < -0.4 is 5.32 Å². The van der Waals surface area contributed by atoms with Gasteiger partial charge in [0.2, 0.25) is 5.95 Å². The molecule has 7 heteroatoms. The zero-order valence-corrected chi connectivity index (χ0v) is 16.5. The molecule has 1 fully saturated rings. The van der Waals surface area contributed by atoms with E-state index in [-0.39, 0.29) is 0 Å². The Labute approximate surface area is 173 Å². The predicted molar refractivity (Wildman–Crippen MR) is 115 cm³/mol. The largest absolute Gasteiger partial charge is 0.381 e. The normalized spacial score (nSPS) is 14.9. The van der Waals surface area contributed by atoms with Crippen LogP contribution in [-0.4, -0.2) is 38.8 Å². The quantitative estimate of drug-likeness (QED) is 0.531. The summed E-state index contributed by atoms with van der Waals surface area (Å²) >= 11 is 6.09. The van der Waals surface area contributed by atoms with Crippen LogP contribution in [0.2, 0.25) is 5.02 Å². The number of anilines is 1. The van der Waals surface area contributed by atoms with Gasteiger partial charge in [0, 0.05) is 59.5 Å². The maximum atomic E-state index is 6.09. The number of pyridine rings is 1. The molecule has 4 heterocycles. The lowest BCUT2D eigenvalue weighted by molar-refractivity contribution is 0.0903. The molecule has 5 rings (SSSR count). The van der Waals surface area contributed by atoms with Crippen molar-refractivity contribution >= 4 is 28.5 Å². The van der Waals surface area contributed by atoms with E-state index in [4.69, 9.17) is 16.3 Å². The minimum atomic E-state index is 0.362. The van der Waals surface area contributed by atoms with Crippen LogP contribution in [0.3, 0.4) is 0 Å². The Morgan fingerprint density at radius 1 is 1.00 bits per heavy atom. The van der Waals surface area contributed by atoms with Crippen molar-refractivity contribution in [3.63, 3.8) is 0 Å². The molecule has 0 aliphatic carbocycles. The molecule has 1 aliphatic heterocycles. The summed E-state index contributed by atoms with van der Waals surface area (Å²) in [6.07, 6.45) is 9.35. The summed E-state index contributed by atoms with van der Waals surface area (Å²) in [7, 11) is 0. The first kappa shape index (κ1) is 18.1. The molecule has 0 radical (unpaired) electrons. The van der Waals surface area contributed by atoms with Gasteiger partial charge >= 0.3 is 0 Å². The Kier molecular flexibility index (Phi) is 4.87. The van der Waals surface area contributed by atoms with Crippen molar-refractivity contribution in [2.45, 2.75) is 18.9 Å². The van der Waals surface area contributed by atoms with Crippen molar-refractivity contribution in [3.05, 3.63) is 66.2 Å². The molecule has 0 bridgehead atoms. The highest BCUT2D eigenvalue weighted by atomic mass is 35.5. The minimum absolute atomic E-state index is 0.362. The Morgan fingerprint density at radius 3 is 2.52 bits per heavy atom. The van der Waals surface area contributed by atoms with Gasteiger partial charge in [-0.1, -0.05) is 11.6 Å². The Bertz CT molecular complexity index is 1120. The SMILES string of the molecule is Clc1ccc(-n2c(-c3cnc(NC4CCOCC4)nc3)cc3ccncc32)cc1. The van der Waals surface area contributed by atoms with Crippen molar-refractivity contribution < 1.29 is 4.74 Å². The minimum Gasteiger partial charge on any atom is -0.381 e. The summed E-state index contributed by atoms with van der Waals surface area (Å²) in [6, 6.07) is 12.3. The second-order valence-corrected chi connectivity index (χ2v) is 7.54. The molecular formula is C22H20ClN5O. The molecule has 4 aromatic rings. The number of nitrogens with one attached hydrogen (secondary N) is 1. The standard InChI is InChI=1S/C22H20ClN5O/c23-17-1-3-19(4-2-17)28-20(11-15-5-8-24-14-21(15)28)16-12-25-22(26-13-16)27-18-6-9-29-10-7-18/h1-5,8,11-14,18H,6-7,9-10H2,(H,25,26,27). The molecule has 1 aliphatic rings. The van der Waals surface area contributed by atoms with Gasteiger partial charge in [-0.25, -0.2) is 9.97 Å². The molecule has 1 saturated heterocycles. The number of halogens is 1. The molecule has 0 amide bonds. The lowest BCUT2D eigenvalue weighted by Gasteiger charge is -2.23. The summed E-state index contributed by atoms with van der Waals surface area (Å²) < 4.78 is 7.56. The third-order valence-corrected chi connectivity index (χ3v) is 5.45. The molecule has 0 spiro atoms. The molecular weight excluding hydrogens is 386 g/mol. The van der Waals surface area contributed by atoms with Crippen molar-refractivity contribution in [3.8, 4) is 16.9 Å². The average Bonchev–Trinajstić information content (AvgIpc) is 3.15. The molecule has 0 unspecified atom stereocenters. The van der Waals surface area contributed by atoms with Gasteiger partial charge in [0.15, 0.2) is 0 Å². The lowest BCUT2D eigenvalue weighted by atomic mass is 10.1. The highest BCUT2D eigenvalue weighted by Crippen LogP contribution is 2.31. The van der Waals surface area contributed by atoms with Crippen molar-refractivity contribution in [1.29, 1.82) is 0 Å². The van der Waals surface area contributed by atoms with E-state index >= 15 is 0 Å². The fourth-order valence-corrected chi connectivity index (χ4v) is 3.81. The van der Waals surface area contributed by atoms with E-state index in [1.54, 1.807) is 6.20 Å². The second kappa shape index (κ2) is 7.81. The number of ether oxygens (including phenoxy) is 1. The number of rotatable bonds is 4. The van der Waals surface area contributed by atoms with Crippen LogP contribution in [0.5, 0.6) is 0 Å². The molecule has 0 atom stereocenters. The summed E-state index contributed by atoms with van der Waals surface area (Å²) in [5.74, 6) is 0.650. The van der Waals surface area contributed by atoms with E-state index in [2.05, 4.69) is 30.9 Å². The lowest BCUT2D eigenvalue weighted by Crippen LogP contribution is -2.28. The Morgan fingerprint density at radius 2 is 1.76 bits per heavy atom. The van der Waals surface area contributed by atoms with Gasteiger partial charge < -0.3 is 14.6 Å². The van der Waals surface area contributed by atoms with E-state index in [0.717, 1.165) is 53.9 Å². The van der Waals surface area contributed by atoms with Crippen LogP contribution in [-0.2, 0) is 4.74 Å². The zero-order valence-electron chi connectivity index (χ0n) is 15.8. The summed E-state index contributed by atoms with van der Waals surface area (Å²) in [5.41, 5.74) is 3.98. The van der Waals surface area contributed by atoms with E-state index in [1.165, 1.54) is 0 Å². The van der Waals surface area contributed by atoms with Gasteiger partial charge in [0.25, 0.3) is 0 Å². The van der Waals surface area contributed by atoms with Crippen LogP contribution in [0.4, 0.5) is 5.95 Å². The third kappa shape index (κ3) is 3.69. The summed E-state index contributed by atoms with van der Waals surface area (Å²) in [5, 5.41) is 5.22. The van der Waals surface area contributed by atoms with Crippen molar-refractivity contribution in [1.82, 2.24) is 19.5 Å². The van der Waals surface area contributed by atoms with Crippen LogP contribution in [0.1, 0.15) is 12.8 Å². The topological polar surface area (TPSA) is 64.9 Å². The molecule has 1 aromatic carbocycles. The summed E-state index contributed by atoms with van der Waals surface area (Å²) in [4.78, 5) is 13.4. The number of aromatic nitrogens is 4. The van der Waals surface area contributed by atoms with Crippen LogP contribution in [0.25, 0.3) is 27.8 Å². The second-order valence-electron chi connectivity index (χ2n) is 7.10. The van der Waals surface area contributed by atoms with Gasteiger partial charge in [-0.3, -0.25) is 4.98 Å². The van der Waals surface area contributed by atoms with Gasteiger partial charge in [-0.2, -0.15) is 0 Å². The van der Waals surface area contributed by atoms with Gasteiger partial charge in [-0.05, 0) is 49.2 Å². The van der Waals surface area contributed by atoms with Gasteiger partial charge in [-0.15, -0.1) is 0 Å². The smallest absolute Gasteiger partial charge is 0.222 e. The summed E-state index contributed by atoms with van der Waals surface area (Å²) in [6.45, 7) is 1.57. The van der Waals surface area contributed by atoms with Crippen LogP contribution >= 0.6 is 11.6 Å². The highest BCUT2D eigenvalue weighted by Gasteiger charge is 2.16. The van der Waals surface area contributed by atoms with E-state index in [9.17, 15) is 0 Å². The van der Waals surface area contributed by atoms with E-state index < -0.39 is 0 Å². The third-order valence-electron chi connectivity index (χ3n) is 5.19. The maximum absolute atomic E-state index is 6.09. The molecule has 1 N–H and O–H groups in total. The maximum Gasteiger partial charge on any atom is 0.222 e. The van der Waals surface area contributed by atoms with Crippen molar-refractivity contribution in [2.24, 2.45) is 0 Å². The van der Waals surface area contributed by atoms with E-state index in [1.807, 2.05) is 48.9 Å². The molecule has 6 nitrogen and oxygen atoms in total. The number of hydrogen-bond donors (Lipinski definition) is 1. The van der Waals surface area contributed by atoms with Gasteiger partial charge in [0.05, 0.1) is 17.4 Å². The van der Waals surface area contributed by atoms with Crippen molar-refractivity contribution in [2.75, 3.05) is 18.5 Å². The molecule has 0 saturated carbocycles. The zero-order chi connectivity index (χ0) is 19.6. The Balaban J connectivity index is 1.52. The first-order chi connectivity index (χ1) is 14.3. The molecule has 146 valence electrons. The number of fused-ring (bicyclic) bond motifs is 1. The number of hydrogen-bond acceptors (Lipinski definition) is 5. The molecule has 29 heavy (non-hydrogen) atoms. The first-order valence-corrected chi connectivity index (χ1v) is 10.0. The van der Waals surface area contributed by atoms with Crippen LogP contribution in [0, 0.1) is 0 Å². The molecule has 3 aromatic heterocycles. The fourth-order valence-electron chi connectivity index (χ4n) is 3.69. The highest BCUT2D eigenvalue weighted by molar-refractivity contribution is 6.30. The van der Waals surface area contributed by atoms with E-state index in [0.29, 0.717) is 17.0 Å².